The Morgan fingerprint density at radius 3 is 2.63 bits per heavy atom. The number of rotatable bonds is 6. The molecule has 0 fully saturated rings. The standard InChI is InChI=1S/C15H18N2OS/c1-3-19-14-7-5-13(6-8-14)15(18)9-4-12-10-16-17(2)11-12/h5-8,10-11H,3-4,9H2,1-2H3. The molecule has 0 aliphatic heterocycles. The Morgan fingerprint density at radius 1 is 1.32 bits per heavy atom. The number of carbonyl (C=O) groups excluding carboxylic acids is 1. The lowest BCUT2D eigenvalue weighted by atomic mass is 10.0. The topological polar surface area (TPSA) is 34.9 Å². The van der Waals surface area contributed by atoms with Crippen LogP contribution in [0.5, 0.6) is 0 Å². The average molecular weight is 274 g/mol. The second kappa shape index (κ2) is 6.57. The van der Waals surface area contributed by atoms with Gasteiger partial charge in [-0.25, -0.2) is 0 Å². The van der Waals surface area contributed by atoms with Crippen LogP contribution in [0.4, 0.5) is 0 Å². The lowest BCUT2D eigenvalue weighted by Gasteiger charge is -2.02. The molecule has 1 heterocycles. The van der Waals surface area contributed by atoms with Gasteiger partial charge in [-0.1, -0.05) is 19.1 Å². The molecule has 0 radical (unpaired) electrons. The summed E-state index contributed by atoms with van der Waals surface area (Å²) in [6, 6.07) is 7.88. The molecule has 0 aliphatic rings. The van der Waals surface area contributed by atoms with Gasteiger partial charge >= 0.3 is 0 Å². The summed E-state index contributed by atoms with van der Waals surface area (Å²) in [4.78, 5) is 13.3. The zero-order chi connectivity index (χ0) is 13.7. The molecule has 19 heavy (non-hydrogen) atoms. The van der Waals surface area contributed by atoms with E-state index in [1.54, 1.807) is 16.4 Å². The van der Waals surface area contributed by atoms with Gasteiger partial charge in [-0.2, -0.15) is 5.10 Å². The minimum atomic E-state index is 0.192. The van der Waals surface area contributed by atoms with Crippen LogP contribution in [0.3, 0.4) is 0 Å². The maximum absolute atomic E-state index is 12.1. The monoisotopic (exact) mass is 274 g/mol. The van der Waals surface area contributed by atoms with Gasteiger partial charge in [0.2, 0.25) is 0 Å². The second-order valence-corrected chi connectivity index (χ2v) is 5.74. The van der Waals surface area contributed by atoms with Crippen molar-refractivity contribution < 1.29 is 4.79 Å². The summed E-state index contributed by atoms with van der Waals surface area (Å²) in [5, 5.41) is 4.10. The van der Waals surface area contributed by atoms with Gasteiger partial charge in [-0.15, -0.1) is 11.8 Å². The van der Waals surface area contributed by atoms with Crippen molar-refractivity contribution in [3.8, 4) is 0 Å². The number of nitrogens with zero attached hydrogens (tertiary/aromatic N) is 2. The molecule has 0 saturated carbocycles. The third-order valence-corrected chi connectivity index (χ3v) is 3.78. The van der Waals surface area contributed by atoms with E-state index in [0.717, 1.165) is 23.3 Å². The van der Waals surface area contributed by atoms with Crippen molar-refractivity contribution in [3.05, 3.63) is 47.8 Å². The Labute approximate surface area is 118 Å². The molecule has 2 rings (SSSR count). The van der Waals surface area contributed by atoms with Crippen LogP contribution in [0.2, 0.25) is 0 Å². The molecule has 0 amide bonds. The van der Waals surface area contributed by atoms with Gasteiger partial charge in [-0.3, -0.25) is 9.48 Å². The molecule has 0 atom stereocenters. The van der Waals surface area contributed by atoms with Crippen LogP contribution in [0.15, 0.2) is 41.6 Å². The first-order valence-electron chi connectivity index (χ1n) is 6.42. The lowest BCUT2D eigenvalue weighted by Crippen LogP contribution is -2.00. The van der Waals surface area contributed by atoms with Crippen molar-refractivity contribution in [2.24, 2.45) is 7.05 Å². The van der Waals surface area contributed by atoms with Crippen LogP contribution in [0.25, 0.3) is 0 Å². The summed E-state index contributed by atoms with van der Waals surface area (Å²) < 4.78 is 1.76. The normalized spacial score (nSPS) is 10.6. The average Bonchev–Trinajstić information content (AvgIpc) is 2.83. The van der Waals surface area contributed by atoms with Gasteiger partial charge in [0.1, 0.15) is 0 Å². The van der Waals surface area contributed by atoms with E-state index in [2.05, 4.69) is 12.0 Å². The fourth-order valence-electron chi connectivity index (χ4n) is 1.91. The summed E-state index contributed by atoms with van der Waals surface area (Å²) >= 11 is 1.79. The molecule has 3 nitrogen and oxygen atoms in total. The number of Topliss-reactive ketones (excluding diaryl/α,β-unsaturated/α-hetero) is 1. The predicted octanol–water partition coefficient (Wildman–Crippen LogP) is 3.35. The third-order valence-electron chi connectivity index (χ3n) is 2.89. The van der Waals surface area contributed by atoms with E-state index in [9.17, 15) is 4.79 Å². The largest absolute Gasteiger partial charge is 0.294 e. The quantitative estimate of drug-likeness (QED) is 0.598. The first-order chi connectivity index (χ1) is 9.19. The number of hydrogen-bond donors (Lipinski definition) is 0. The number of carbonyl (C=O) groups is 1. The van der Waals surface area contributed by atoms with Crippen molar-refractivity contribution in [1.82, 2.24) is 9.78 Å². The maximum atomic E-state index is 12.1. The first kappa shape index (κ1) is 13.9. The van der Waals surface area contributed by atoms with Crippen molar-refractivity contribution in [2.75, 3.05) is 5.75 Å². The van der Waals surface area contributed by atoms with E-state index in [1.807, 2.05) is 43.7 Å². The van der Waals surface area contributed by atoms with Crippen LogP contribution in [-0.4, -0.2) is 21.3 Å². The Balaban J connectivity index is 1.92. The smallest absolute Gasteiger partial charge is 0.163 e. The predicted molar refractivity (Wildman–Crippen MR) is 78.7 cm³/mol. The fraction of sp³-hybridized carbons (Fsp3) is 0.333. The van der Waals surface area contributed by atoms with Crippen LogP contribution >= 0.6 is 11.8 Å². The number of hydrogen-bond acceptors (Lipinski definition) is 3. The van der Waals surface area contributed by atoms with E-state index < -0.39 is 0 Å². The van der Waals surface area contributed by atoms with Crippen molar-refractivity contribution in [2.45, 2.75) is 24.7 Å². The Kier molecular flexibility index (Phi) is 4.80. The SMILES string of the molecule is CCSc1ccc(C(=O)CCc2cnn(C)c2)cc1. The van der Waals surface area contributed by atoms with Gasteiger partial charge in [0, 0.05) is 30.1 Å². The lowest BCUT2D eigenvalue weighted by molar-refractivity contribution is 0.0983. The summed E-state index contributed by atoms with van der Waals surface area (Å²) in [7, 11) is 1.88. The molecule has 1 aromatic heterocycles. The zero-order valence-electron chi connectivity index (χ0n) is 11.3. The summed E-state index contributed by atoms with van der Waals surface area (Å²) in [6.07, 6.45) is 5.05. The summed E-state index contributed by atoms with van der Waals surface area (Å²) in [5.41, 5.74) is 1.90. The van der Waals surface area contributed by atoms with Crippen LogP contribution < -0.4 is 0 Å². The number of ketones is 1. The molecule has 2 aromatic rings. The zero-order valence-corrected chi connectivity index (χ0v) is 12.1. The minimum absolute atomic E-state index is 0.192. The highest BCUT2D eigenvalue weighted by atomic mass is 32.2. The molecular weight excluding hydrogens is 256 g/mol. The van der Waals surface area contributed by atoms with Gasteiger partial charge in [-0.05, 0) is 29.9 Å². The molecule has 0 unspecified atom stereocenters. The maximum Gasteiger partial charge on any atom is 0.163 e. The number of aryl methyl sites for hydroxylation is 2. The van der Waals surface area contributed by atoms with Crippen LogP contribution in [0.1, 0.15) is 29.3 Å². The van der Waals surface area contributed by atoms with Gasteiger partial charge < -0.3 is 0 Å². The van der Waals surface area contributed by atoms with E-state index >= 15 is 0 Å². The van der Waals surface area contributed by atoms with Crippen molar-refractivity contribution in [1.29, 1.82) is 0 Å². The highest BCUT2D eigenvalue weighted by molar-refractivity contribution is 7.99. The van der Waals surface area contributed by atoms with Crippen LogP contribution in [-0.2, 0) is 13.5 Å². The fourth-order valence-corrected chi connectivity index (χ4v) is 2.57. The molecule has 4 heteroatoms. The molecule has 1 aromatic carbocycles. The molecule has 100 valence electrons. The highest BCUT2D eigenvalue weighted by Gasteiger charge is 2.07. The molecule has 0 spiro atoms. The minimum Gasteiger partial charge on any atom is -0.294 e. The first-order valence-corrected chi connectivity index (χ1v) is 7.41. The second-order valence-electron chi connectivity index (χ2n) is 4.40. The number of aromatic nitrogens is 2. The molecule has 0 saturated heterocycles. The number of benzene rings is 1. The van der Waals surface area contributed by atoms with Crippen molar-refractivity contribution in [3.63, 3.8) is 0 Å². The Hall–Kier alpha value is -1.55. The van der Waals surface area contributed by atoms with E-state index in [4.69, 9.17) is 0 Å². The molecule has 0 bridgehead atoms. The summed E-state index contributed by atoms with van der Waals surface area (Å²) in [6.45, 7) is 2.12. The van der Waals surface area contributed by atoms with Gasteiger partial charge in [0.15, 0.2) is 5.78 Å². The summed E-state index contributed by atoms with van der Waals surface area (Å²) in [5.74, 6) is 1.24. The molecule has 0 N–H and O–H groups in total. The van der Waals surface area contributed by atoms with Gasteiger partial charge in [0.25, 0.3) is 0 Å². The Morgan fingerprint density at radius 2 is 2.05 bits per heavy atom. The highest BCUT2D eigenvalue weighted by Crippen LogP contribution is 2.18. The number of thioether (sulfide) groups is 1. The van der Waals surface area contributed by atoms with E-state index in [-0.39, 0.29) is 5.78 Å². The van der Waals surface area contributed by atoms with Crippen molar-refractivity contribution >= 4 is 17.5 Å². The van der Waals surface area contributed by atoms with Gasteiger partial charge in [0.05, 0.1) is 6.20 Å². The van der Waals surface area contributed by atoms with Crippen LogP contribution in [0, 0.1) is 0 Å². The van der Waals surface area contributed by atoms with E-state index in [1.165, 1.54) is 4.90 Å². The third kappa shape index (κ3) is 3.96. The molecule has 0 aliphatic carbocycles. The van der Waals surface area contributed by atoms with E-state index in [0.29, 0.717) is 6.42 Å². The Bertz CT molecular complexity index is 546. The molecular formula is C15H18N2OS.